The Labute approximate surface area is 89.3 Å². The molecule has 2 aliphatic rings. The zero-order valence-corrected chi connectivity index (χ0v) is 9.25. The third-order valence-corrected chi connectivity index (χ3v) is 4.96. The van der Waals surface area contributed by atoms with Crippen LogP contribution in [0.4, 0.5) is 0 Å². The largest absolute Gasteiger partial charge is 0.155 e. The van der Waals surface area contributed by atoms with E-state index in [0.717, 1.165) is 22.8 Å². The van der Waals surface area contributed by atoms with E-state index in [1.807, 2.05) is 0 Å². The molecule has 0 spiro atoms. The maximum Gasteiger partial charge on any atom is 0.0260 e. The summed E-state index contributed by atoms with van der Waals surface area (Å²) in [5.41, 5.74) is 8.21. The van der Waals surface area contributed by atoms with E-state index in [9.17, 15) is 0 Å². The second-order valence-corrected chi connectivity index (χ2v) is 6.00. The van der Waals surface area contributed by atoms with Gasteiger partial charge in [-0.2, -0.15) is 11.8 Å². The van der Waals surface area contributed by atoms with Gasteiger partial charge in [0.1, 0.15) is 0 Å². The van der Waals surface area contributed by atoms with Crippen LogP contribution in [0, 0.1) is 5.92 Å². The number of hydrogen-bond donors (Lipinski definition) is 0. The van der Waals surface area contributed by atoms with Crippen molar-refractivity contribution in [3.05, 3.63) is 10.4 Å². The van der Waals surface area contributed by atoms with Crippen LogP contribution < -0.4 is 0 Å². The minimum atomic E-state index is 0.700. The van der Waals surface area contributed by atoms with E-state index >= 15 is 0 Å². The standard InChI is InChI=1S/C10H17N3S/c11-13-12-5-4-8-6-9-2-1-3-10(7-8)14-9/h8-10H,1-7H2. The van der Waals surface area contributed by atoms with E-state index in [-0.39, 0.29) is 0 Å². The molecule has 2 atom stereocenters. The average molecular weight is 211 g/mol. The van der Waals surface area contributed by atoms with Crippen molar-refractivity contribution in [3.8, 4) is 0 Å². The maximum absolute atomic E-state index is 8.21. The first kappa shape index (κ1) is 10.2. The Morgan fingerprint density at radius 2 is 2.00 bits per heavy atom. The predicted molar refractivity (Wildman–Crippen MR) is 60.4 cm³/mol. The fourth-order valence-corrected chi connectivity index (χ4v) is 4.61. The molecule has 2 unspecified atom stereocenters. The minimum Gasteiger partial charge on any atom is -0.155 e. The van der Waals surface area contributed by atoms with E-state index in [0.29, 0.717) is 6.54 Å². The Balaban J connectivity index is 1.80. The molecule has 0 amide bonds. The van der Waals surface area contributed by atoms with Gasteiger partial charge in [-0.1, -0.05) is 11.5 Å². The Morgan fingerprint density at radius 3 is 2.64 bits per heavy atom. The highest BCUT2D eigenvalue weighted by Gasteiger charge is 2.31. The summed E-state index contributed by atoms with van der Waals surface area (Å²) >= 11 is 2.21. The van der Waals surface area contributed by atoms with Crippen LogP contribution in [0.1, 0.15) is 38.5 Å². The molecule has 78 valence electrons. The van der Waals surface area contributed by atoms with Gasteiger partial charge < -0.3 is 0 Å². The lowest BCUT2D eigenvalue weighted by Gasteiger charge is -2.38. The Morgan fingerprint density at radius 1 is 1.29 bits per heavy atom. The lowest BCUT2D eigenvalue weighted by molar-refractivity contribution is 0.355. The van der Waals surface area contributed by atoms with Crippen molar-refractivity contribution in [2.24, 2.45) is 11.0 Å². The molecule has 2 heterocycles. The molecule has 0 aromatic rings. The molecule has 4 heteroatoms. The summed E-state index contributed by atoms with van der Waals surface area (Å²) in [6.07, 6.45) is 8.10. The van der Waals surface area contributed by atoms with Crippen LogP contribution in [0.2, 0.25) is 0 Å². The molecule has 0 aromatic carbocycles. The van der Waals surface area contributed by atoms with Crippen molar-refractivity contribution in [3.63, 3.8) is 0 Å². The first-order chi connectivity index (χ1) is 6.88. The van der Waals surface area contributed by atoms with E-state index < -0.39 is 0 Å². The first-order valence-electron chi connectivity index (χ1n) is 5.55. The summed E-state index contributed by atoms with van der Waals surface area (Å²) < 4.78 is 0. The Hall–Kier alpha value is -0.340. The van der Waals surface area contributed by atoms with Crippen molar-refractivity contribution in [1.82, 2.24) is 0 Å². The van der Waals surface area contributed by atoms with Crippen LogP contribution in [0.5, 0.6) is 0 Å². The van der Waals surface area contributed by atoms with Gasteiger partial charge in [0.2, 0.25) is 0 Å². The Kier molecular flexibility index (Phi) is 3.60. The van der Waals surface area contributed by atoms with Gasteiger partial charge in [0, 0.05) is 22.0 Å². The number of rotatable bonds is 3. The van der Waals surface area contributed by atoms with Crippen LogP contribution in [-0.4, -0.2) is 17.0 Å². The minimum absolute atomic E-state index is 0.700. The lowest BCUT2D eigenvalue weighted by Crippen LogP contribution is -2.29. The lowest BCUT2D eigenvalue weighted by atomic mass is 9.87. The number of hydrogen-bond acceptors (Lipinski definition) is 2. The zero-order chi connectivity index (χ0) is 9.80. The van der Waals surface area contributed by atoms with Crippen molar-refractivity contribution in [1.29, 1.82) is 0 Å². The third kappa shape index (κ3) is 2.58. The van der Waals surface area contributed by atoms with Crippen LogP contribution >= 0.6 is 11.8 Å². The summed E-state index contributed by atoms with van der Waals surface area (Å²) in [5.74, 6) is 0.831. The molecule has 0 aliphatic carbocycles. The third-order valence-electron chi connectivity index (χ3n) is 3.33. The molecule has 14 heavy (non-hydrogen) atoms. The smallest absolute Gasteiger partial charge is 0.0260 e. The van der Waals surface area contributed by atoms with Gasteiger partial charge in [0.25, 0.3) is 0 Å². The summed E-state index contributed by atoms with van der Waals surface area (Å²) in [4.78, 5) is 2.81. The molecule has 0 saturated carbocycles. The highest BCUT2D eigenvalue weighted by molar-refractivity contribution is 8.00. The first-order valence-corrected chi connectivity index (χ1v) is 6.49. The second-order valence-electron chi connectivity index (χ2n) is 4.39. The molecule has 3 nitrogen and oxygen atoms in total. The molecule has 2 rings (SSSR count). The van der Waals surface area contributed by atoms with Gasteiger partial charge in [-0.05, 0) is 43.6 Å². The summed E-state index contributed by atoms with van der Waals surface area (Å²) in [6, 6.07) is 0. The number of azide groups is 1. The van der Waals surface area contributed by atoms with Gasteiger partial charge in [-0.3, -0.25) is 0 Å². The van der Waals surface area contributed by atoms with E-state index in [2.05, 4.69) is 21.8 Å². The molecular weight excluding hydrogens is 194 g/mol. The molecule has 2 saturated heterocycles. The SMILES string of the molecule is [N-]=[N+]=NCCC1CC2CCCC(C1)S2. The van der Waals surface area contributed by atoms with E-state index in [1.54, 1.807) is 0 Å². The van der Waals surface area contributed by atoms with Crippen LogP contribution in [0.3, 0.4) is 0 Å². The van der Waals surface area contributed by atoms with E-state index in [1.165, 1.54) is 32.1 Å². The van der Waals surface area contributed by atoms with Gasteiger partial charge >= 0.3 is 0 Å². The summed E-state index contributed by atoms with van der Waals surface area (Å²) in [7, 11) is 0. The second kappa shape index (κ2) is 4.94. The average Bonchev–Trinajstić information content (AvgIpc) is 2.18. The van der Waals surface area contributed by atoms with Gasteiger partial charge in [-0.15, -0.1) is 0 Å². The normalized spacial score (nSPS) is 36.1. The van der Waals surface area contributed by atoms with Crippen molar-refractivity contribution < 1.29 is 0 Å². The fourth-order valence-electron chi connectivity index (χ4n) is 2.69. The summed E-state index contributed by atoms with van der Waals surface area (Å²) in [5, 5.41) is 5.46. The fraction of sp³-hybridized carbons (Fsp3) is 1.00. The molecule has 0 radical (unpaired) electrons. The van der Waals surface area contributed by atoms with Crippen molar-refractivity contribution >= 4 is 11.8 Å². The predicted octanol–water partition coefficient (Wildman–Crippen LogP) is 3.75. The monoisotopic (exact) mass is 211 g/mol. The number of nitrogens with zero attached hydrogens (tertiary/aromatic N) is 3. The number of thioether (sulfide) groups is 1. The van der Waals surface area contributed by atoms with Crippen LogP contribution in [0.25, 0.3) is 10.4 Å². The quantitative estimate of drug-likeness (QED) is 0.398. The molecule has 0 aromatic heterocycles. The van der Waals surface area contributed by atoms with Gasteiger partial charge in [0.05, 0.1) is 0 Å². The molecule has 2 bridgehead atoms. The molecule has 2 fully saturated rings. The maximum atomic E-state index is 8.21. The Bertz CT molecular complexity index is 226. The van der Waals surface area contributed by atoms with Gasteiger partial charge in [0.15, 0.2) is 0 Å². The van der Waals surface area contributed by atoms with Crippen molar-refractivity contribution in [2.75, 3.05) is 6.54 Å². The molecule has 2 aliphatic heterocycles. The van der Waals surface area contributed by atoms with Crippen molar-refractivity contribution in [2.45, 2.75) is 49.0 Å². The zero-order valence-electron chi connectivity index (χ0n) is 8.43. The molecule has 0 N–H and O–H groups in total. The molecular formula is C10H17N3S. The van der Waals surface area contributed by atoms with Gasteiger partial charge in [-0.25, -0.2) is 0 Å². The van der Waals surface area contributed by atoms with Crippen LogP contribution in [0.15, 0.2) is 5.11 Å². The highest BCUT2D eigenvalue weighted by atomic mass is 32.2. The van der Waals surface area contributed by atoms with Crippen LogP contribution in [-0.2, 0) is 0 Å². The number of fused-ring (bicyclic) bond motifs is 2. The van der Waals surface area contributed by atoms with E-state index in [4.69, 9.17) is 5.53 Å². The topological polar surface area (TPSA) is 48.8 Å². The highest BCUT2D eigenvalue weighted by Crippen LogP contribution is 2.44. The summed E-state index contributed by atoms with van der Waals surface area (Å²) in [6.45, 7) is 0.700.